The number of carbonyl (C=O) groups is 2. The highest BCUT2D eigenvalue weighted by atomic mass is 35.5. The van der Waals surface area contributed by atoms with E-state index in [4.69, 9.17) is 16.3 Å². The summed E-state index contributed by atoms with van der Waals surface area (Å²) in [5.41, 5.74) is 0.437. The van der Waals surface area contributed by atoms with Crippen molar-refractivity contribution in [3.63, 3.8) is 0 Å². The molecule has 1 aromatic carbocycles. The third kappa shape index (κ3) is 2.15. The zero-order valence-corrected chi connectivity index (χ0v) is 11.1. The van der Waals surface area contributed by atoms with Gasteiger partial charge in [-0.1, -0.05) is 23.7 Å². The topological polar surface area (TPSA) is 55.4 Å². The molecule has 2 amide bonds. The molecule has 100 valence electrons. The maximum absolute atomic E-state index is 12.2. The minimum absolute atomic E-state index is 0.214. The fourth-order valence-corrected chi connectivity index (χ4v) is 3.33. The van der Waals surface area contributed by atoms with Crippen molar-refractivity contribution in [2.24, 2.45) is 5.41 Å². The minimum Gasteiger partial charge on any atom is -0.381 e. The predicted molar refractivity (Wildman–Crippen MR) is 69.8 cm³/mol. The second-order valence-corrected chi connectivity index (χ2v) is 5.68. The average Bonchev–Trinajstić information content (AvgIpc) is 2.76. The summed E-state index contributed by atoms with van der Waals surface area (Å²) >= 11 is 6.01. The summed E-state index contributed by atoms with van der Waals surface area (Å²) in [5, 5.41) is 3.02. The lowest BCUT2D eigenvalue weighted by molar-refractivity contribution is -0.140. The van der Waals surface area contributed by atoms with Crippen LogP contribution in [0.3, 0.4) is 0 Å². The van der Waals surface area contributed by atoms with Crippen molar-refractivity contribution in [2.45, 2.75) is 18.8 Å². The van der Waals surface area contributed by atoms with Crippen molar-refractivity contribution in [3.8, 4) is 0 Å². The number of nitrogens with one attached hydrogen (secondary N) is 1. The first-order chi connectivity index (χ1) is 9.11. The Labute approximate surface area is 116 Å². The smallest absolute Gasteiger partial charge is 0.234 e. The Morgan fingerprint density at radius 3 is 2.89 bits per heavy atom. The largest absolute Gasteiger partial charge is 0.381 e. The van der Waals surface area contributed by atoms with Gasteiger partial charge in [0.15, 0.2) is 0 Å². The molecule has 0 bridgehead atoms. The second kappa shape index (κ2) is 4.62. The van der Waals surface area contributed by atoms with E-state index in [-0.39, 0.29) is 17.7 Å². The van der Waals surface area contributed by atoms with E-state index in [1.54, 1.807) is 12.1 Å². The molecule has 2 unspecified atom stereocenters. The van der Waals surface area contributed by atoms with Crippen molar-refractivity contribution in [2.75, 3.05) is 13.2 Å². The van der Waals surface area contributed by atoms with Crippen LogP contribution in [0.25, 0.3) is 0 Å². The Morgan fingerprint density at radius 1 is 1.37 bits per heavy atom. The minimum atomic E-state index is -0.413. The van der Waals surface area contributed by atoms with E-state index in [1.807, 2.05) is 12.1 Å². The highest BCUT2D eigenvalue weighted by Crippen LogP contribution is 2.47. The van der Waals surface area contributed by atoms with E-state index < -0.39 is 5.41 Å². The number of benzene rings is 1. The Kier molecular flexibility index (Phi) is 3.07. The number of carbonyl (C=O) groups excluding carboxylic acids is 2. The van der Waals surface area contributed by atoms with Gasteiger partial charge in [-0.25, -0.2) is 0 Å². The summed E-state index contributed by atoms with van der Waals surface area (Å²) < 4.78 is 5.45. The Morgan fingerprint density at radius 2 is 2.21 bits per heavy atom. The van der Waals surface area contributed by atoms with Gasteiger partial charge in [0, 0.05) is 23.5 Å². The van der Waals surface area contributed by atoms with Gasteiger partial charge >= 0.3 is 0 Å². The summed E-state index contributed by atoms with van der Waals surface area (Å²) in [6.45, 7) is 1.04. The molecule has 2 saturated heterocycles. The molecule has 3 rings (SSSR count). The molecule has 2 aliphatic rings. The summed E-state index contributed by atoms with van der Waals surface area (Å²) in [6.07, 6.45) is 1.05. The van der Waals surface area contributed by atoms with Gasteiger partial charge in [0.05, 0.1) is 12.5 Å². The number of piperidine rings is 1. The quantitative estimate of drug-likeness (QED) is 0.799. The van der Waals surface area contributed by atoms with Crippen LogP contribution >= 0.6 is 11.6 Å². The summed E-state index contributed by atoms with van der Waals surface area (Å²) in [4.78, 5) is 23.9. The molecular weight excluding hydrogens is 266 g/mol. The lowest BCUT2D eigenvalue weighted by Gasteiger charge is -2.38. The third-order valence-electron chi connectivity index (χ3n) is 3.97. The molecule has 0 radical (unpaired) electrons. The van der Waals surface area contributed by atoms with E-state index >= 15 is 0 Å². The highest BCUT2D eigenvalue weighted by Gasteiger charge is 2.51. The molecular formula is C14H14ClNO3. The van der Waals surface area contributed by atoms with Gasteiger partial charge < -0.3 is 4.74 Å². The van der Waals surface area contributed by atoms with Crippen LogP contribution in [-0.4, -0.2) is 25.0 Å². The Bertz CT molecular complexity index is 537. The van der Waals surface area contributed by atoms with Gasteiger partial charge in [-0.15, -0.1) is 0 Å². The lowest BCUT2D eigenvalue weighted by atomic mass is 9.67. The van der Waals surface area contributed by atoms with Crippen LogP contribution in [0, 0.1) is 5.41 Å². The number of hydrogen-bond acceptors (Lipinski definition) is 3. The van der Waals surface area contributed by atoms with Crippen molar-refractivity contribution < 1.29 is 14.3 Å². The van der Waals surface area contributed by atoms with Gasteiger partial charge in [0.25, 0.3) is 0 Å². The van der Waals surface area contributed by atoms with E-state index in [2.05, 4.69) is 5.32 Å². The number of hydrogen-bond donors (Lipinski definition) is 1. The van der Waals surface area contributed by atoms with E-state index in [9.17, 15) is 9.59 Å². The molecule has 2 heterocycles. The summed E-state index contributed by atoms with van der Waals surface area (Å²) in [6, 6.07) is 7.27. The number of rotatable bonds is 1. The zero-order chi connectivity index (χ0) is 13.5. The summed E-state index contributed by atoms with van der Waals surface area (Å²) in [5.74, 6) is -0.829. The standard InChI is InChI=1S/C14H14ClNO3/c15-10-3-1-2-9(6-10)12-13(18)16-11(17)7-14(12)4-5-19-8-14/h1-3,6,12H,4-5,7-8H2,(H,16,17,18). The Hall–Kier alpha value is -1.39. The number of ether oxygens (including phenoxy) is 1. The maximum Gasteiger partial charge on any atom is 0.234 e. The fraction of sp³-hybridized carbons (Fsp3) is 0.429. The fourth-order valence-electron chi connectivity index (χ4n) is 3.13. The van der Waals surface area contributed by atoms with Crippen LogP contribution < -0.4 is 5.32 Å². The molecule has 0 saturated carbocycles. The predicted octanol–water partition coefficient (Wildman–Crippen LogP) is 1.88. The van der Waals surface area contributed by atoms with Gasteiger partial charge in [0.1, 0.15) is 0 Å². The van der Waals surface area contributed by atoms with Crippen LogP contribution in [-0.2, 0) is 14.3 Å². The second-order valence-electron chi connectivity index (χ2n) is 5.24. The van der Waals surface area contributed by atoms with Crippen molar-refractivity contribution in [1.29, 1.82) is 0 Å². The molecule has 2 atom stereocenters. The first kappa shape index (κ1) is 12.6. The number of imide groups is 1. The summed E-state index contributed by atoms with van der Waals surface area (Å²) in [7, 11) is 0. The lowest BCUT2D eigenvalue weighted by Crippen LogP contribution is -2.51. The molecule has 5 heteroatoms. The molecule has 0 aromatic heterocycles. The van der Waals surface area contributed by atoms with Gasteiger partial charge in [0.2, 0.25) is 11.8 Å². The first-order valence-corrected chi connectivity index (χ1v) is 6.65. The van der Waals surface area contributed by atoms with Crippen LogP contribution in [0.5, 0.6) is 0 Å². The normalized spacial score (nSPS) is 30.7. The van der Waals surface area contributed by atoms with Crippen LogP contribution in [0.2, 0.25) is 5.02 Å². The van der Waals surface area contributed by atoms with Crippen LogP contribution in [0.15, 0.2) is 24.3 Å². The van der Waals surface area contributed by atoms with Gasteiger partial charge in [-0.05, 0) is 24.1 Å². The number of amides is 2. The zero-order valence-electron chi connectivity index (χ0n) is 10.3. The maximum atomic E-state index is 12.2. The van der Waals surface area contributed by atoms with E-state index in [0.717, 1.165) is 12.0 Å². The van der Waals surface area contributed by atoms with Crippen molar-refractivity contribution in [1.82, 2.24) is 5.32 Å². The van der Waals surface area contributed by atoms with Gasteiger partial charge in [-0.3, -0.25) is 14.9 Å². The molecule has 4 nitrogen and oxygen atoms in total. The molecule has 1 spiro atoms. The molecule has 2 aliphatic heterocycles. The van der Waals surface area contributed by atoms with Crippen molar-refractivity contribution in [3.05, 3.63) is 34.9 Å². The van der Waals surface area contributed by atoms with Crippen LogP contribution in [0.4, 0.5) is 0 Å². The van der Waals surface area contributed by atoms with Gasteiger partial charge in [-0.2, -0.15) is 0 Å². The molecule has 0 aliphatic carbocycles. The molecule has 1 N–H and O–H groups in total. The first-order valence-electron chi connectivity index (χ1n) is 6.28. The SMILES string of the molecule is O=C1CC2(CCOC2)C(c2cccc(Cl)c2)C(=O)N1. The third-order valence-corrected chi connectivity index (χ3v) is 4.20. The van der Waals surface area contributed by atoms with Crippen molar-refractivity contribution >= 4 is 23.4 Å². The van der Waals surface area contributed by atoms with E-state index in [0.29, 0.717) is 24.7 Å². The van der Waals surface area contributed by atoms with E-state index in [1.165, 1.54) is 0 Å². The average molecular weight is 280 g/mol. The molecule has 2 fully saturated rings. The Balaban J connectivity index is 2.05. The van der Waals surface area contributed by atoms with Crippen LogP contribution in [0.1, 0.15) is 24.3 Å². The monoisotopic (exact) mass is 279 g/mol. The highest BCUT2D eigenvalue weighted by molar-refractivity contribution is 6.30. The molecule has 1 aromatic rings. The molecule has 19 heavy (non-hydrogen) atoms. The number of halogens is 1.